The van der Waals surface area contributed by atoms with Crippen molar-refractivity contribution in [3.8, 4) is 11.5 Å². The van der Waals surface area contributed by atoms with Crippen LogP contribution in [0.1, 0.15) is 47.3 Å². The maximum atomic E-state index is 12.5. The fourth-order valence-electron chi connectivity index (χ4n) is 2.61. The van der Waals surface area contributed by atoms with Crippen molar-refractivity contribution >= 4 is 5.91 Å². The Labute approximate surface area is 149 Å². The number of para-hydroxylation sites is 1. The first-order valence-corrected chi connectivity index (χ1v) is 8.32. The first-order chi connectivity index (χ1) is 12.0. The summed E-state index contributed by atoms with van der Waals surface area (Å²) >= 11 is 0. The number of benzene rings is 2. The van der Waals surface area contributed by atoms with Gasteiger partial charge in [0, 0.05) is 12.6 Å². The summed E-state index contributed by atoms with van der Waals surface area (Å²) in [4.78, 5) is 12.5. The molecule has 1 atom stereocenters. The van der Waals surface area contributed by atoms with Crippen LogP contribution in [0.15, 0.2) is 42.5 Å². The van der Waals surface area contributed by atoms with E-state index < -0.39 is 0 Å². The minimum absolute atomic E-state index is 0.245. The van der Waals surface area contributed by atoms with Gasteiger partial charge in [-0.1, -0.05) is 44.2 Å². The lowest BCUT2D eigenvalue weighted by Crippen LogP contribution is -2.32. The first kappa shape index (κ1) is 18.8. The fraction of sp³-hybridized carbons (Fsp3) is 0.350. The van der Waals surface area contributed by atoms with Crippen molar-refractivity contribution in [2.24, 2.45) is 5.73 Å². The predicted molar refractivity (Wildman–Crippen MR) is 99.3 cm³/mol. The summed E-state index contributed by atoms with van der Waals surface area (Å²) in [6.45, 7) is 4.63. The molecule has 25 heavy (non-hydrogen) atoms. The topological polar surface area (TPSA) is 73.6 Å². The second-order valence-corrected chi connectivity index (χ2v) is 6.18. The number of hydrogen-bond donors (Lipinski definition) is 2. The van der Waals surface area contributed by atoms with Crippen LogP contribution in [-0.2, 0) is 0 Å². The molecule has 2 aromatic carbocycles. The number of rotatable bonds is 7. The molecular weight excluding hydrogens is 316 g/mol. The van der Waals surface area contributed by atoms with Gasteiger partial charge in [-0.15, -0.1) is 0 Å². The van der Waals surface area contributed by atoms with E-state index in [4.69, 9.17) is 15.2 Å². The molecule has 2 aromatic rings. The van der Waals surface area contributed by atoms with Gasteiger partial charge in [0.2, 0.25) is 0 Å². The number of methoxy groups -OCH3 is 2. The molecule has 5 heteroatoms. The van der Waals surface area contributed by atoms with Crippen LogP contribution in [0.4, 0.5) is 0 Å². The molecule has 0 saturated heterocycles. The number of carbonyl (C=O) groups excluding carboxylic acids is 1. The van der Waals surface area contributed by atoms with Gasteiger partial charge in [0.15, 0.2) is 11.5 Å². The number of nitrogens with one attached hydrogen (secondary N) is 1. The molecule has 134 valence electrons. The standard InChI is InChI=1S/C20H26N2O3/c1-13(2)14-8-10-15(11-9-14)17(21)12-22-20(23)16-6-5-7-18(24-3)19(16)25-4/h5-11,13,17H,12,21H2,1-4H3,(H,22,23). The second-order valence-electron chi connectivity index (χ2n) is 6.18. The van der Waals surface area contributed by atoms with Gasteiger partial charge in [0.05, 0.1) is 19.8 Å². The molecule has 2 rings (SSSR count). The van der Waals surface area contributed by atoms with E-state index in [9.17, 15) is 4.79 Å². The fourth-order valence-corrected chi connectivity index (χ4v) is 2.61. The van der Waals surface area contributed by atoms with Gasteiger partial charge in [-0.2, -0.15) is 0 Å². The molecule has 0 aromatic heterocycles. The molecule has 0 aliphatic carbocycles. The van der Waals surface area contributed by atoms with Crippen molar-refractivity contribution in [2.75, 3.05) is 20.8 Å². The zero-order valence-electron chi connectivity index (χ0n) is 15.2. The van der Waals surface area contributed by atoms with Crippen LogP contribution in [0, 0.1) is 0 Å². The van der Waals surface area contributed by atoms with Crippen LogP contribution < -0.4 is 20.5 Å². The Hall–Kier alpha value is -2.53. The molecule has 0 heterocycles. The monoisotopic (exact) mass is 342 g/mol. The number of nitrogens with two attached hydrogens (primary N) is 1. The molecule has 1 amide bonds. The number of hydrogen-bond acceptors (Lipinski definition) is 4. The van der Waals surface area contributed by atoms with Crippen LogP contribution in [0.25, 0.3) is 0 Å². The van der Waals surface area contributed by atoms with Gasteiger partial charge in [-0.25, -0.2) is 0 Å². The van der Waals surface area contributed by atoms with Gasteiger partial charge in [-0.05, 0) is 29.2 Å². The minimum atomic E-state index is -0.276. The number of carbonyl (C=O) groups is 1. The third kappa shape index (κ3) is 4.51. The number of ether oxygens (including phenoxy) is 2. The first-order valence-electron chi connectivity index (χ1n) is 8.32. The Kier molecular flexibility index (Phi) is 6.42. The largest absolute Gasteiger partial charge is 0.493 e. The van der Waals surface area contributed by atoms with Crippen LogP contribution in [0.5, 0.6) is 11.5 Å². The lowest BCUT2D eigenvalue weighted by atomic mass is 9.99. The highest BCUT2D eigenvalue weighted by Crippen LogP contribution is 2.30. The summed E-state index contributed by atoms with van der Waals surface area (Å²) in [6, 6.07) is 13.1. The molecule has 5 nitrogen and oxygen atoms in total. The van der Waals surface area contributed by atoms with E-state index in [1.54, 1.807) is 18.2 Å². The van der Waals surface area contributed by atoms with Crippen molar-refractivity contribution < 1.29 is 14.3 Å². The Morgan fingerprint density at radius 3 is 2.24 bits per heavy atom. The predicted octanol–water partition coefficient (Wildman–Crippen LogP) is 3.26. The van der Waals surface area contributed by atoms with Gasteiger partial charge in [-0.3, -0.25) is 4.79 Å². The van der Waals surface area contributed by atoms with Crippen molar-refractivity contribution in [1.29, 1.82) is 0 Å². The van der Waals surface area contributed by atoms with Crippen molar-refractivity contribution in [3.05, 3.63) is 59.2 Å². The van der Waals surface area contributed by atoms with E-state index >= 15 is 0 Å². The van der Waals surface area contributed by atoms with Gasteiger partial charge in [0.1, 0.15) is 0 Å². The van der Waals surface area contributed by atoms with Crippen LogP contribution in [0.2, 0.25) is 0 Å². The second kappa shape index (κ2) is 8.53. The Morgan fingerprint density at radius 1 is 1.04 bits per heavy atom. The summed E-state index contributed by atoms with van der Waals surface area (Å²) in [5.41, 5.74) is 8.88. The summed E-state index contributed by atoms with van der Waals surface area (Å²) in [5, 5.41) is 2.86. The summed E-state index contributed by atoms with van der Waals surface area (Å²) in [6.07, 6.45) is 0. The number of amides is 1. The molecular formula is C20H26N2O3. The highest BCUT2D eigenvalue weighted by Gasteiger charge is 2.17. The average molecular weight is 342 g/mol. The summed E-state index contributed by atoms with van der Waals surface area (Å²) < 4.78 is 10.5. The molecule has 0 fully saturated rings. The molecule has 1 unspecified atom stereocenters. The van der Waals surface area contributed by atoms with Crippen LogP contribution in [0.3, 0.4) is 0 Å². The van der Waals surface area contributed by atoms with Gasteiger partial charge >= 0.3 is 0 Å². The van der Waals surface area contributed by atoms with Crippen molar-refractivity contribution in [2.45, 2.75) is 25.8 Å². The maximum Gasteiger partial charge on any atom is 0.255 e. The molecule has 0 spiro atoms. The van der Waals surface area contributed by atoms with E-state index in [-0.39, 0.29) is 11.9 Å². The third-order valence-corrected chi connectivity index (χ3v) is 4.16. The average Bonchev–Trinajstić information content (AvgIpc) is 2.64. The van der Waals surface area contributed by atoms with Crippen molar-refractivity contribution in [3.63, 3.8) is 0 Å². The SMILES string of the molecule is COc1cccc(C(=O)NCC(N)c2ccc(C(C)C)cc2)c1OC. The lowest BCUT2D eigenvalue weighted by Gasteiger charge is -2.16. The van der Waals surface area contributed by atoms with E-state index in [1.807, 2.05) is 12.1 Å². The third-order valence-electron chi connectivity index (χ3n) is 4.16. The minimum Gasteiger partial charge on any atom is -0.493 e. The lowest BCUT2D eigenvalue weighted by molar-refractivity contribution is 0.0947. The molecule has 0 saturated carbocycles. The van der Waals surface area contributed by atoms with Crippen LogP contribution >= 0.6 is 0 Å². The molecule has 0 aliphatic heterocycles. The van der Waals surface area contributed by atoms with E-state index in [0.717, 1.165) is 5.56 Å². The van der Waals surface area contributed by atoms with Gasteiger partial charge < -0.3 is 20.5 Å². The van der Waals surface area contributed by atoms with E-state index in [1.165, 1.54) is 19.8 Å². The van der Waals surface area contributed by atoms with E-state index in [0.29, 0.717) is 29.5 Å². The highest BCUT2D eigenvalue weighted by atomic mass is 16.5. The highest BCUT2D eigenvalue weighted by molar-refractivity contribution is 5.97. The van der Waals surface area contributed by atoms with Gasteiger partial charge in [0.25, 0.3) is 5.91 Å². The molecule has 3 N–H and O–H groups in total. The van der Waals surface area contributed by atoms with E-state index in [2.05, 4.69) is 31.3 Å². The zero-order chi connectivity index (χ0) is 18.4. The summed E-state index contributed by atoms with van der Waals surface area (Å²) in [5.74, 6) is 1.16. The Morgan fingerprint density at radius 2 is 1.68 bits per heavy atom. The smallest absolute Gasteiger partial charge is 0.255 e. The maximum absolute atomic E-state index is 12.5. The zero-order valence-corrected chi connectivity index (χ0v) is 15.2. The normalized spacial score (nSPS) is 11.9. The Balaban J connectivity index is 2.04. The summed E-state index contributed by atoms with van der Waals surface area (Å²) in [7, 11) is 3.05. The van der Waals surface area contributed by atoms with Crippen LogP contribution in [-0.4, -0.2) is 26.7 Å². The molecule has 0 aliphatic rings. The van der Waals surface area contributed by atoms with Crippen molar-refractivity contribution in [1.82, 2.24) is 5.32 Å². The quantitative estimate of drug-likeness (QED) is 0.810. The Bertz CT molecular complexity index is 711. The molecule has 0 radical (unpaired) electrons. The molecule has 0 bridgehead atoms.